The Balaban J connectivity index is 3.13. The number of methoxy groups -OCH3 is 1. The van der Waals surface area contributed by atoms with Crippen LogP contribution < -0.4 is 0 Å². The molecule has 0 aliphatic carbocycles. The molecule has 0 aliphatic rings. The van der Waals surface area contributed by atoms with Gasteiger partial charge in [0.05, 0.1) is 12.7 Å². The molecular weight excluding hydrogens is 255 g/mol. The summed E-state index contributed by atoms with van der Waals surface area (Å²) in [7, 11) is 1.35. The summed E-state index contributed by atoms with van der Waals surface area (Å²) < 4.78 is 5.50. The van der Waals surface area contributed by atoms with Gasteiger partial charge in [-0.05, 0) is 23.8 Å². The first-order chi connectivity index (χ1) is 6.19. The van der Waals surface area contributed by atoms with E-state index in [1.807, 2.05) is 0 Å². The molecule has 0 heterocycles. The largest absolute Gasteiger partial charge is 0.465 e. The Kier molecular flexibility index (Phi) is 3.75. The molecule has 0 saturated carbocycles. The first kappa shape index (κ1) is 10.5. The van der Waals surface area contributed by atoms with Crippen molar-refractivity contribution < 1.29 is 9.53 Å². The number of alkyl halides is 1. The highest BCUT2D eigenvalue weighted by Gasteiger charge is 2.10. The van der Waals surface area contributed by atoms with E-state index in [0.717, 1.165) is 10.0 Å². The van der Waals surface area contributed by atoms with Crippen molar-refractivity contribution in [1.29, 1.82) is 0 Å². The van der Waals surface area contributed by atoms with Crippen molar-refractivity contribution in [1.82, 2.24) is 0 Å². The summed E-state index contributed by atoms with van der Waals surface area (Å²) in [5.41, 5.74) is 1.28. The van der Waals surface area contributed by atoms with Crippen LogP contribution in [0.3, 0.4) is 0 Å². The zero-order valence-electron chi connectivity index (χ0n) is 7.01. The van der Waals surface area contributed by atoms with Gasteiger partial charge in [0, 0.05) is 10.4 Å². The van der Waals surface area contributed by atoms with E-state index in [0.29, 0.717) is 11.4 Å². The van der Waals surface area contributed by atoms with Gasteiger partial charge in [0.2, 0.25) is 0 Å². The van der Waals surface area contributed by atoms with Gasteiger partial charge in [0.25, 0.3) is 0 Å². The maximum atomic E-state index is 11.2. The second kappa shape index (κ2) is 4.63. The zero-order chi connectivity index (χ0) is 9.84. The second-order valence-corrected chi connectivity index (χ2v) is 3.61. The quantitative estimate of drug-likeness (QED) is 0.606. The van der Waals surface area contributed by atoms with Gasteiger partial charge in [0.1, 0.15) is 0 Å². The van der Waals surface area contributed by atoms with Crippen LogP contribution in [0.2, 0.25) is 0 Å². The van der Waals surface area contributed by atoms with Crippen molar-refractivity contribution in [2.45, 2.75) is 5.88 Å². The fourth-order valence-corrected chi connectivity index (χ4v) is 1.61. The molecule has 4 heteroatoms. The fourth-order valence-electron chi connectivity index (χ4n) is 0.982. The van der Waals surface area contributed by atoms with E-state index >= 15 is 0 Å². The molecule has 0 radical (unpaired) electrons. The number of carbonyl (C=O) groups excluding carboxylic acids is 1. The Hall–Kier alpha value is -0.540. The lowest BCUT2D eigenvalue weighted by atomic mass is 10.1. The van der Waals surface area contributed by atoms with Gasteiger partial charge >= 0.3 is 5.97 Å². The minimum atomic E-state index is -0.358. The monoisotopic (exact) mass is 262 g/mol. The highest BCUT2D eigenvalue weighted by Crippen LogP contribution is 2.18. The van der Waals surface area contributed by atoms with E-state index in [1.165, 1.54) is 7.11 Å². The number of rotatable bonds is 2. The molecule has 0 spiro atoms. The first-order valence-electron chi connectivity index (χ1n) is 3.61. The van der Waals surface area contributed by atoms with Crippen LogP contribution >= 0.6 is 27.5 Å². The first-order valence-corrected chi connectivity index (χ1v) is 4.94. The second-order valence-electron chi connectivity index (χ2n) is 2.43. The normalized spacial score (nSPS) is 9.77. The van der Waals surface area contributed by atoms with Gasteiger partial charge in [-0.15, -0.1) is 11.6 Å². The molecule has 1 aromatic rings. The van der Waals surface area contributed by atoms with Crippen LogP contribution in [0.5, 0.6) is 0 Å². The smallest absolute Gasteiger partial charge is 0.338 e. The van der Waals surface area contributed by atoms with Gasteiger partial charge in [0.15, 0.2) is 0 Å². The molecule has 2 nitrogen and oxygen atoms in total. The van der Waals surface area contributed by atoms with Crippen molar-refractivity contribution in [3.63, 3.8) is 0 Å². The van der Waals surface area contributed by atoms with Crippen molar-refractivity contribution in [2.75, 3.05) is 7.11 Å². The molecule has 0 N–H and O–H groups in total. The van der Waals surface area contributed by atoms with Crippen LogP contribution in [0.4, 0.5) is 0 Å². The van der Waals surface area contributed by atoms with Crippen LogP contribution in [0.25, 0.3) is 0 Å². The van der Waals surface area contributed by atoms with Crippen molar-refractivity contribution in [3.8, 4) is 0 Å². The van der Waals surface area contributed by atoms with Gasteiger partial charge in [-0.1, -0.05) is 15.9 Å². The summed E-state index contributed by atoms with van der Waals surface area (Å²) in [4.78, 5) is 11.2. The van der Waals surface area contributed by atoms with Crippen LogP contribution in [-0.4, -0.2) is 13.1 Å². The van der Waals surface area contributed by atoms with E-state index in [1.54, 1.807) is 18.2 Å². The maximum absolute atomic E-state index is 11.2. The molecule has 0 bridgehead atoms. The molecule has 13 heavy (non-hydrogen) atoms. The number of benzene rings is 1. The number of ether oxygens (including phenoxy) is 1. The third kappa shape index (κ3) is 2.45. The van der Waals surface area contributed by atoms with E-state index in [2.05, 4.69) is 20.7 Å². The lowest BCUT2D eigenvalue weighted by molar-refractivity contribution is 0.0600. The van der Waals surface area contributed by atoms with Crippen molar-refractivity contribution >= 4 is 33.5 Å². The third-order valence-corrected chi connectivity index (χ3v) is 2.40. The molecule has 1 aromatic carbocycles. The van der Waals surface area contributed by atoms with Crippen LogP contribution in [-0.2, 0) is 10.6 Å². The Morgan fingerprint density at radius 2 is 2.31 bits per heavy atom. The predicted octanol–water partition coefficient (Wildman–Crippen LogP) is 2.97. The molecule has 0 amide bonds. The number of hydrogen-bond donors (Lipinski definition) is 0. The Labute approximate surface area is 90.0 Å². The van der Waals surface area contributed by atoms with E-state index < -0.39 is 0 Å². The summed E-state index contributed by atoms with van der Waals surface area (Å²) in [6.07, 6.45) is 0. The highest BCUT2D eigenvalue weighted by atomic mass is 79.9. The molecular formula is C9H8BrClO2. The summed E-state index contributed by atoms with van der Waals surface area (Å²) in [5.74, 6) is -0.0627. The van der Waals surface area contributed by atoms with Crippen molar-refractivity contribution in [2.24, 2.45) is 0 Å². The highest BCUT2D eigenvalue weighted by molar-refractivity contribution is 9.10. The molecule has 0 saturated heterocycles. The topological polar surface area (TPSA) is 26.3 Å². The molecule has 0 atom stereocenters. The van der Waals surface area contributed by atoms with E-state index in [-0.39, 0.29) is 5.97 Å². The SMILES string of the molecule is COC(=O)c1ccc(Br)cc1CCl. The lowest BCUT2D eigenvalue weighted by Crippen LogP contribution is -2.04. The molecule has 0 aliphatic heterocycles. The molecule has 70 valence electrons. The van der Waals surface area contributed by atoms with Gasteiger partial charge in [-0.3, -0.25) is 0 Å². The summed E-state index contributed by atoms with van der Waals surface area (Å²) in [5, 5.41) is 0. The maximum Gasteiger partial charge on any atom is 0.338 e. The van der Waals surface area contributed by atoms with Crippen LogP contribution in [0, 0.1) is 0 Å². The van der Waals surface area contributed by atoms with E-state index in [9.17, 15) is 4.79 Å². The van der Waals surface area contributed by atoms with Crippen LogP contribution in [0.15, 0.2) is 22.7 Å². The number of esters is 1. The third-order valence-electron chi connectivity index (χ3n) is 1.62. The number of halogens is 2. The molecule has 0 aromatic heterocycles. The number of carbonyl (C=O) groups is 1. The van der Waals surface area contributed by atoms with Crippen molar-refractivity contribution in [3.05, 3.63) is 33.8 Å². The lowest BCUT2D eigenvalue weighted by Gasteiger charge is -2.04. The van der Waals surface area contributed by atoms with Gasteiger partial charge in [-0.25, -0.2) is 4.79 Å². The summed E-state index contributed by atoms with van der Waals surface area (Å²) >= 11 is 8.97. The molecule has 0 fully saturated rings. The Morgan fingerprint density at radius 3 is 2.85 bits per heavy atom. The predicted molar refractivity (Wildman–Crippen MR) is 55.0 cm³/mol. The Bertz CT molecular complexity index is 325. The molecule has 1 rings (SSSR count). The molecule has 0 unspecified atom stereocenters. The summed E-state index contributed by atoms with van der Waals surface area (Å²) in [6, 6.07) is 5.27. The summed E-state index contributed by atoms with van der Waals surface area (Å²) in [6.45, 7) is 0. The Morgan fingerprint density at radius 1 is 1.62 bits per heavy atom. The number of hydrogen-bond acceptors (Lipinski definition) is 2. The average molecular weight is 264 g/mol. The minimum Gasteiger partial charge on any atom is -0.465 e. The zero-order valence-corrected chi connectivity index (χ0v) is 9.35. The van der Waals surface area contributed by atoms with Gasteiger partial charge in [-0.2, -0.15) is 0 Å². The fraction of sp³-hybridized carbons (Fsp3) is 0.222. The average Bonchev–Trinajstić information content (AvgIpc) is 2.16. The van der Waals surface area contributed by atoms with Crippen LogP contribution in [0.1, 0.15) is 15.9 Å². The standard InChI is InChI=1S/C9H8BrClO2/c1-13-9(12)8-3-2-7(10)4-6(8)5-11/h2-4H,5H2,1H3. The van der Waals surface area contributed by atoms with Gasteiger partial charge < -0.3 is 4.74 Å². The minimum absolute atomic E-state index is 0.296. The van der Waals surface area contributed by atoms with E-state index in [4.69, 9.17) is 11.6 Å².